The van der Waals surface area contributed by atoms with Gasteiger partial charge in [0.05, 0.1) is 39.8 Å². The number of likely N-dealkylation sites (N-methyl/N-ethyl adjacent to an activating group) is 1. The molecule has 29 nitrogen and oxygen atoms in total. The number of hydrogen-bond acceptors (Lipinski definition) is 22. The van der Waals surface area contributed by atoms with Gasteiger partial charge in [0.25, 0.3) is 23.6 Å². The number of Topliss-reactive ketones (excluding diaryl/α,β-unsaturated/α-hetero) is 4. The van der Waals surface area contributed by atoms with E-state index < -0.39 is 23.6 Å². The second-order valence-electron chi connectivity index (χ2n) is 31.2. The van der Waals surface area contributed by atoms with Gasteiger partial charge < -0.3 is 66.0 Å². The van der Waals surface area contributed by atoms with E-state index in [4.69, 9.17) is 67.4 Å². The molecule has 3 saturated heterocycles. The summed E-state index contributed by atoms with van der Waals surface area (Å²) in [5.41, 5.74) is 6.69. The minimum atomic E-state index is -0.497. The second-order valence-corrected chi connectivity index (χ2v) is 32.9. The Kier molecular flexibility index (Phi) is 32.8. The fourth-order valence-electron chi connectivity index (χ4n) is 15.0. The summed E-state index contributed by atoms with van der Waals surface area (Å²) in [6, 6.07) is 58.6. The van der Waals surface area contributed by atoms with Crippen LogP contribution in [0.3, 0.4) is 0 Å². The van der Waals surface area contributed by atoms with Crippen molar-refractivity contribution in [3.63, 3.8) is 0 Å². The van der Waals surface area contributed by atoms with E-state index in [0.29, 0.717) is 115 Å². The van der Waals surface area contributed by atoms with Crippen molar-refractivity contribution in [1.29, 1.82) is 16.2 Å². The third-order valence-electron chi connectivity index (χ3n) is 22.2. The molecule has 0 atom stereocenters. The predicted octanol–water partition coefficient (Wildman–Crippen LogP) is 17.1. The number of halogens is 4. The molecular weight excluding hydrogens is 1780 g/mol. The van der Waals surface area contributed by atoms with Gasteiger partial charge in [0.2, 0.25) is 0 Å². The minimum Gasteiger partial charge on any atom is -0.508 e. The summed E-state index contributed by atoms with van der Waals surface area (Å²) in [5, 5.41) is 79.1. The number of ketones is 4. The molecule has 4 amide bonds. The van der Waals surface area contributed by atoms with Crippen LogP contribution in [-0.4, -0.2) is 203 Å². The molecule has 0 bridgehead atoms. The van der Waals surface area contributed by atoms with Gasteiger partial charge in [-0.2, -0.15) is 0 Å². The van der Waals surface area contributed by atoms with E-state index in [0.717, 1.165) is 87.5 Å². The van der Waals surface area contributed by atoms with E-state index in [-0.39, 0.29) is 116 Å². The van der Waals surface area contributed by atoms with Crippen LogP contribution in [0, 0.1) is 16.2 Å². The summed E-state index contributed by atoms with van der Waals surface area (Å²) in [6.45, 7) is 7.63. The molecule has 0 radical (unpaired) electrons. The molecule has 33 heteroatoms. The maximum Gasteiger partial charge on any atom is 0.257 e. The predicted molar refractivity (Wildman–Crippen MR) is 512 cm³/mol. The minimum absolute atomic E-state index is 0.117. The number of aromatic hydroxyl groups is 4. The normalized spacial score (nSPS) is 13.2. The Morgan fingerprint density at radius 1 is 0.331 bits per heavy atom. The number of phenolic OH excluding ortho intramolecular Hbond substituents is 4. The van der Waals surface area contributed by atoms with Gasteiger partial charge in [-0.25, -0.2) is 19.9 Å². The maximum atomic E-state index is 13.0. The first kappa shape index (κ1) is 95.7. The van der Waals surface area contributed by atoms with Crippen molar-refractivity contribution in [2.45, 2.75) is 57.8 Å². The van der Waals surface area contributed by atoms with Gasteiger partial charge in [0, 0.05) is 192 Å². The molecule has 8 aromatic carbocycles. The smallest absolute Gasteiger partial charge is 0.257 e. The Morgan fingerprint density at radius 3 is 0.842 bits per heavy atom. The second kappa shape index (κ2) is 45.6. The van der Waals surface area contributed by atoms with Crippen molar-refractivity contribution in [2.75, 3.05) is 93.9 Å². The van der Waals surface area contributed by atoms with Crippen LogP contribution in [-0.2, 0) is 30.4 Å². The van der Waals surface area contributed by atoms with Crippen LogP contribution in [0.15, 0.2) is 248 Å². The number of carbonyl (C=O) groups excluding carboxylic acids is 8. The number of piperidine rings is 1. The van der Waals surface area contributed by atoms with Crippen molar-refractivity contribution in [2.24, 2.45) is 4.99 Å². The number of phenols is 4. The van der Waals surface area contributed by atoms with E-state index >= 15 is 0 Å². The number of carbonyl (C=O) groups is 8. The van der Waals surface area contributed by atoms with E-state index in [1.807, 2.05) is 29.0 Å². The van der Waals surface area contributed by atoms with E-state index in [1.165, 1.54) is 55.5 Å². The first-order chi connectivity index (χ1) is 64.2. The number of ether oxygens (including phenoxy) is 1. The topological polar surface area (TPSA) is 423 Å². The highest BCUT2D eigenvalue weighted by Gasteiger charge is 2.28. The number of benzene rings is 8. The molecular formula is C100H92Cl4N16O13. The molecule has 12 aromatic rings. The molecule has 8 heterocycles. The van der Waals surface area contributed by atoms with Gasteiger partial charge in [-0.1, -0.05) is 168 Å². The van der Waals surface area contributed by atoms with Crippen LogP contribution in [0.1, 0.15) is 159 Å². The number of aromatic nitrogens is 4. The summed E-state index contributed by atoms with van der Waals surface area (Å²) in [4.78, 5) is 132. The van der Waals surface area contributed by atoms with Crippen LogP contribution in [0.5, 0.6) is 23.0 Å². The Balaban J connectivity index is 0.000000151. The maximum absolute atomic E-state index is 13.0. The van der Waals surface area contributed by atoms with E-state index in [1.54, 1.807) is 182 Å². The number of aliphatic imine (C=N–C) groups is 1. The summed E-state index contributed by atoms with van der Waals surface area (Å²) >= 11 is 23.3. The zero-order valence-electron chi connectivity index (χ0n) is 72.0. The van der Waals surface area contributed by atoms with Crippen molar-refractivity contribution < 1.29 is 63.5 Å². The molecule has 3 fully saturated rings. The zero-order chi connectivity index (χ0) is 94.2. The highest BCUT2D eigenvalue weighted by atomic mass is 35.5. The molecule has 0 saturated carbocycles. The number of hydrogen-bond donors (Lipinski definition) is 11. The lowest BCUT2D eigenvalue weighted by Gasteiger charge is -2.29. The zero-order valence-corrected chi connectivity index (χ0v) is 75.1. The first-order valence-corrected chi connectivity index (χ1v) is 44.0. The van der Waals surface area contributed by atoms with Gasteiger partial charge in [-0.15, -0.1) is 0 Å². The Hall–Kier alpha value is -14.9. The van der Waals surface area contributed by atoms with Crippen LogP contribution < -0.4 is 21.3 Å². The lowest BCUT2D eigenvalue weighted by Crippen LogP contribution is -2.40. The third kappa shape index (κ3) is 25.6. The van der Waals surface area contributed by atoms with E-state index in [9.17, 15) is 58.8 Å². The van der Waals surface area contributed by atoms with Crippen LogP contribution in [0.2, 0.25) is 20.1 Å². The lowest BCUT2D eigenvalue weighted by molar-refractivity contribution is 0.0680. The average molecular weight is 1870 g/mol. The number of likely N-dealkylation sites (tertiary alicyclic amines) is 2. The van der Waals surface area contributed by atoms with E-state index in [2.05, 4.69) is 56.0 Å². The van der Waals surface area contributed by atoms with Gasteiger partial charge in [-0.05, 0) is 129 Å². The lowest BCUT2D eigenvalue weighted by atomic mass is 9.96. The SMILES string of the molecule is CN1CCN=C1c1ccc(C(=O)Cc2c(O)cccc2C(=O)Nc2ccc(Cl)cn2)cc1.N=C(c1ccc(C(=O)Cc2c(O)cccc2C(=O)Nc2ccc(Cl)cn2)cc1)N1CCCC1.N=C(c1ccc(C(=O)Cc2c(O)cccc2C(=O)Nc2ccc(Cl)cn2)cc1)N1CCCCC1.N=C(c1ccc(C(=O)Cc2c(O)cccc2C(=O)Nc2ccc(Cl)cn2)cc1)N1CCOCC1. The molecule has 16 rings (SSSR count). The summed E-state index contributed by atoms with van der Waals surface area (Å²) in [5.74, 6) is 0.0230. The van der Waals surface area contributed by atoms with Gasteiger partial charge in [0.1, 0.15) is 69.6 Å². The van der Waals surface area contributed by atoms with Crippen LogP contribution in [0.25, 0.3) is 0 Å². The number of amides is 4. The number of anilines is 4. The molecule has 0 aliphatic carbocycles. The van der Waals surface area contributed by atoms with Crippen molar-refractivity contribution in [1.82, 2.24) is 39.5 Å². The number of pyridine rings is 4. The van der Waals surface area contributed by atoms with Crippen LogP contribution in [0.4, 0.5) is 23.3 Å². The highest BCUT2D eigenvalue weighted by Crippen LogP contribution is 2.32. The number of amidine groups is 4. The highest BCUT2D eigenvalue weighted by molar-refractivity contribution is 6.31. The molecule has 0 unspecified atom stereocenters. The Morgan fingerprint density at radius 2 is 0.586 bits per heavy atom. The standard InChI is InChI=1S/C26H25ClN4O3.C25H23ClN4O4.C25H23ClN4O3.C24H21ClN4O3/c27-19-11-12-24(29-16-19)30-26(34)20-5-4-6-22(32)21(20)15-23(33)17-7-9-18(10-8-17)25(28)31-13-2-1-3-14-31;26-18-8-9-23(28-15-18)29-25(33)19-2-1-3-21(31)20(19)14-22(32)16-4-6-17(7-5-16)24(27)30-10-12-34-13-11-30;26-18-10-11-23(28-15-18)29-25(33)19-4-3-5-21(31)20(19)14-22(32)16-6-8-17(9-7-16)24(27)30-12-1-2-13-30;1-29-12-11-26-23(29)16-7-5-15(6-8-16)21(31)13-19-18(3-2-4-20(19)30)24(32)28-22-10-9-17(25)14-27-22/h4-12,16,28,32H,1-3,13-15H2,(H,29,30,34);1-9,15,27,31H,10-14H2,(H,28,29,33);3-11,15,27,31H,1-2,12-14H2,(H,28,29,33);2-10,14,30H,11-13H2,1H3,(H,27,28,32). The van der Waals surface area contributed by atoms with Gasteiger partial charge in [0.15, 0.2) is 23.1 Å². The Bertz CT molecular complexity index is 6130. The summed E-state index contributed by atoms with van der Waals surface area (Å²) in [6.07, 6.45) is 10.6. The summed E-state index contributed by atoms with van der Waals surface area (Å²) in [7, 11) is 1.98. The first-order valence-electron chi connectivity index (χ1n) is 42.5. The quantitative estimate of drug-likeness (QED) is 0.0152. The Labute approximate surface area is 786 Å². The molecule has 11 N–H and O–H groups in total. The third-order valence-corrected chi connectivity index (χ3v) is 23.1. The van der Waals surface area contributed by atoms with Gasteiger partial charge in [-0.3, -0.25) is 59.6 Å². The number of nitrogens with zero attached hydrogens (tertiary/aromatic N) is 9. The van der Waals surface area contributed by atoms with Crippen molar-refractivity contribution in [3.05, 3.63) is 352 Å². The molecule has 678 valence electrons. The van der Waals surface area contributed by atoms with Crippen LogP contribution >= 0.6 is 46.4 Å². The average Bonchev–Trinajstić information content (AvgIpc) is 1.57. The molecule has 4 aliphatic heterocycles. The van der Waals surface area contributed by atoms with Gasteiger partial charge >= 0.3 is 0 Å². The number of morpholine rings is 1. The molecule has 4 aliphatic rings. The fourth-order valence-corrected chi connectivity index (χ4v) is 15.4. The molecule has 0 spiro atoms. The monoisotopic (exact) mass is 1860 g/mol. The molecule has 133 heavy (non-hydrogen) atoms. The fraction of sp³-hybridized carbons (Fsp3) is 0.200. The number of rotatable bonds is 24. The van der Waals surface area contributed by atoms with Crippen molar-refractivity contribution >= 4 is 140 Å². The molecule has 4 aromatic heterocycles. The number of nitrogens with one attached hydrogen (secondary N) is 7. The largest absolute Gasteiger partial charge is 0.508 e. The summed E-state index contributed by atoms with van der Waals surface area (Å²) < 4.78 is 5.33. The van der Waals surface area contributed by atoms with Crippen molar-refractivity contribution in [3.8, 4) is 23.0 Å².